The molecular weight excluding hydrogens is 154 g/mol. The molecule has 0 aromatic carbocycles. The minimum atomic E-state index is 0.182. The minimum absolute atomic E-state index is 0.182. The molecule has 12 heavy (non-hydrogen) atoms. The molecule has 0 aromatic heterocycles. The number of rotatable bonds is 2. The summed E-state index contributed by atoms with van der Waals surface area (Å²) in [6, 6.07) is 0. The van der Waals surface area contributed by atoms with Gasteiger partial charge in [-0.05, 0) is 27.2 Å². The van der Waals surface area contributed by atoms with Gasteiger partial charge in [-0.3, -0.25) is 0 Å². The van der Waals surface area contributed by atoms with Crippen LogP contribution in [0, 0.1) is 0 Å². The summed E-state index contributed by atoms with van der Waals surface area (Å²) in [6.45, 7) is 8.69. The van der Waals surface area contributed by atoms with Gasteiger partial charge in [-0.2, -0.15) is 0 Å². The Morgan fingerprint density at radius 1 is 1.42 bits per heavy atom. The van der Waals surface area contributed by atoms with E-state index in [4.69, 9.17) is 9.47 Å². The molecule has 1 unspecified atom stereocenters. The monoisotopic (exact) mass is 173 g/mol. The van der Waals surface area contributed by atoms with Crippen LogP contribution >= 0.6 is 0 Å². The highest BCUT2D eigenvalue weighted by Gasteiger charge is 2.16. The molecule has 1 saturated heterocycles. The van der Waals surface area contributed by atoms with E-state index in [1.165, 1.54) is 0 Å². The van der Waals surface area contributed by atoms with E-state index in [1.54, 1.807) is 0 Å². The van der Waals surface area contributed by atoms with Crippen molar-refractivity contribution in [1.82, 2.24) is 5.32 Å². The molecule has 1 N–H and O–H groups in total. The first-order valence-corrected chi connectivity index (χ1v) is 4.52. The third-order valence-corrected chi connectivity index (χ3v) is 1.83. The first-order valence-electron chi connectivity index (χ1n) is 4.52. The summed E-state index contributed by atoms with van der Waals surface area (Å²) < 4.78 is 10.5. The summed E-state index contributed by atoms with van der Waals surface area (Å²) in [5, 5.41) is 3.41. The van der Waals surface area contributed by atoms with Crippen molar-refractivity contribution in [2.45, 2.75) is 38.8 Å². The van der Waals surface area contributed by atoms with E-state index >= 15 is 0 Å². The van der Waals surface area contributed by atoms with Gasteiger partial charge in [0.25, 0.3) is 0 Å². The van der Waals surface area contributed by atoms with Gasteiger partial charge in [0.1, 0.15) is 6.79 Å². The third kappa shape index (κ3) is 4.04. The van der Waals surface area contributed by atoms with Crippen LogP contribution in [0.4, 0.5) is 0 Å². The van der Waals surface area contributed by atoms with Crippen molar-refractivity contribution < 1.29 is 9.47 Å². The van der Waals surface area contributed by atoms with Crippen LogP contribution in [-0.4, -0.2) is 31.6 Å². The second kappa shape index (κ2) is 4.21. The Bertz CT molecular complexity index is 125. The fourth-order valence-electron chi connectivity index (χ4n) is 1.08. The summed E-state index contributed by atoms with van der Waals surface area (Å²) in [5.74, 6) is 0. The van der Waals surface area contributed by atoms with E-state index in [0.717, 1.165) is 19.6 Å². The molecule has 1 atom stereocenters. The zero-order chi connectivity index (χ0) is 9.03. The predicted molar refractivity (Wildman–Crippen MR) is 48.1 cm³/mol. The molecule has 0 bridgehead atoms. The zero-order valence-corrected chi connectivity index (χ0v) is 8.22. The molecule has 1 rings (SSSR count). The molecule has 3 nitrogen and oxygen atoms in total. The maximum Gasteiger partial charge on any atom is 0.147 e. The third-order valence-electron chi connectivity index (χ3n) is 1.83. The van der Waals surface area contributed by atoms with Crippen molar-refractivity contribution in [3.63, 3.8) is 0 Å². The average molecular weight is 173 g/mol. The summed E-state index contributed by atoms with van der Waals surface area (Å²) in [7, 11) is 0. The van der Waals surface area contributed by atoms with Crippen molar-refractivity contribution in [2.24, 2.45) is 0 Å². The van der Waals surface area contributed by atoms with Gasteiger partial charge >= 0.3 is 0 Å². The number of ether oxygens (including phenoxy) is 2. The molecule has 1 aliphatic rings. The van der Waals surface area contributed by atoms with Crippen LogP contribution in [0.5, 0.6) is 0 Å². The lowest BCUT2D eigenvalue weighted by Gasteiger charge is -2.27. The Hall–Kier alpha value is -0.120. The molecule has 1 heterocycles. The van der Waals surface area contributed by atoms with E-state index < -0.39 is 0 Å². The van der Waals surface area contributed by atoms with Gasteiger partial charge in [0.05, 0.1) is 12.7 Å². The molecule has 72 valence electrons. The standard InChI is InChI=1S/C9H19NO2/c1-9(2,3)10-6-8-4-5-11-7-12-8/h8,10H,4-7H2,1-3H3. The van der Waals surface area contributed by atoms with Crippen molar-refractivity contribution >= 4 is 0 Å². The molecule has 0 spiro atoms. The van der Waals surface area contributed by atoms with Gasteiger partial charge in [0.2, 0.25) is 0 Å². The fraction of sp³-hybridized carbons (Fsp3) is 1.00. The number of nitrogens with one attached hydrogen (secondary N) is 1. The highest BCUT2D eigenvalue weighted by atomic mass is 16.7. The highest BCUT2D eigenvalue weighted by Crippen LogP contribution is 2.06. The molecule has 0 amide bonds. The highest BCUT2D eigenvalue weighted by molar-refractivity contribution is 4.73. The molecular formula is C9H19NO2. The van der Waals surface area contributed by atoms with Crippen LogP contribution in [0.15, 0.2) is 0 Å². The fourth-order valence-corrected chi connectivity index (χ4v) is 1.08. The van der Waals surface area contributed by atoms with Crippen LogP contribution < -0.4 is 5.32 Å². The van der Waals surface area contributed by atoms with E-state index in [2.05, 4.69) is 26.1 Å². The normalized spacial score (nSPS) is 25.8. The quantitative estimate of drug-likeness (QED) is 0.679. The van der Waals surface area contributed by atoms with Crippen molar-refractivity contribution in [3.05, 3.63) is 0 Å². The molecule has 0 aromatic rings. The van der Waals surface area contributed by atoms with Gasteiger partial charge < -0.3 is 14.8 Å². The van der Waals surface area contributed by atoms with E-state index in [1.807, 2.05) is 0 Å². The lowest BCUT2D eigenvalue weighted by molar-refractivity contribution is -0.138. The second-order valence-corrected chi connectivity index (χ2v) is 4.23. The smallest absolute Gasteiger partial charge is 0.147 e. The van der Waals surface area contributed by atoms with Gasteiger partial charge in [0.15, 0.2) is 0 Å². The van der Waals surface area contributed by atoms with Gasteiger partial charge in [-0.25, -0.2) is 0 Å². The van der Waals surface area contributed by atoms with Crippen LogP contribution in [0.25, 0.3) is 0 Å². The first-order chi connectivity index (χ1) is 5.58. The summed E-state index contributed by atoms with van der Waals surface area (Å²) >= 11 is 0. The molecule has 1 aliphatic heterocycles. The predicted octanol–water partition coefficient (Wildman–Crippen LogP) is 1.14. The summed E-state index contributed by atoms with van der Waals surface area (Å²) in [4.78, 5) is 0. The van der Waals surface area contributed by atoms with Gasteiger partial charge in [0, 0.05) is 12.1 Å². The van der Waals surface area contributed by atoms with Crippen molar-refractivity contribution in [1.29, 1.82) is 0 Å². The van der Waals surface area contributed by atoms with Crippen LogP contribution in [0.2, 0.25) is 0 Å². The lowest BCUT2D eigenvalue weighted by atomic mass is 10.1. The van der Waals surface area contributed by atoms with E-state index in [9.17, 15) is 0 Å². The maximum atomic E-state index is 5.39. The topological polar surface area (TPSA) is 30.5 Å². The zero-order valence-electron chi connectivity index (χ0n) is 8.22. The summed E-state index contributed by atoms with van der Waals surface area (Å²) in [5.41, 5.74) is 0.182. The second-order valence-electron chi connectivity index (χ2n) is 4.23. The summed E-state index contributed by atoms with van der Waals surface area (Å²) in [6.07, 6.45) is 1.33. The largest absolute Gasteiger partial charge is 0.355 e. The Balaban J connectivity index is 2.13. The maximum absolute atomic E-state index is 5.39. The van der Waals surface area contributed by atoms with Crippen LogP contribution in [0.1, 0.15) is 27.2 Å². The molecule has 0 radical (unpaired) electrons. The molecule has 0 saturated carbocycles. The van der Waals surface area contributed by atoms with Crippen molar-refractivity contribution in [3.8, 4) is 0 Å². The minimum Gasteiger partial charge on any atom is -0.355 e. The Morgan fingerprint density at radius 3 is 2.67 bits per heavy atom. The Labute approximate surface area is 74.4 Å². The first kappa shape index (κ1) is 9.96. The van der Waals surface area contributed by atoms with Crippen LogP contribution in [-0.2, 0) is 9.47 Å². The van der Waals surface area contributed by atoms with Crippen molar-refractivity contribution in [2.75, 3.05) is 19.9 Å². The SMILES string of the molecule is CC(C)(C)NCC1CCOCO1. The number of hydrogen-bond donors (Lipinski definition) is 1. The average Bonchev–Trinajstić information content (AvgIpc) is 2.02. The Kier molecular flexibility index (Phi) is 3.50. The van der Waals surface area contributed by atoms with E-state index in [-0.39, 0.29) is 5.54 Å². The molecule has 1 fully saturated rings. The number of hydrogen-bond acceptors (Lipinski definition) is 3. The van der Waals surface area contributed by atoms with Gasteiger partial charge in [-0.15, -0.1) is 0 Å². The van der Waals surface area contributed by atoms with Crippen LogP contribution in [0.3, 0.4) is 0 Å². The lowest BCUT2D eigenvalue weighted by Crippen LogP contribution is -2.43. The van der Waals surface area contributed by atoms with Gasteiger partial charge in [-0.1, -0.05) is 0 Å². The Morgan fingerprint density at radius 2 is 2.17 bits per heavy atom. The molecule has 3 heteroatoms. The molecule has 0 aliphatic carbocycles. The van der Waals surface area contributed by atoms with E-state index in [0.29, 0.717) is 12.9 Å².